The van der Waals surface area contributed by atoms with Crippen LogP contribution in [0, 0.1) is 0 Å². The highest BCUT2D eigenvalue weighted by Gasteiger charge is 2.20. The Hall–Kier alpha value is -1.41. The van der Waals surface area contributed by atoms with Crippen LogP contribution >= 0.6 is 35.6 Å². The molecule has 0 radical (unpaired) electrons. The first-order valence-corrected chi connectivity index (χ1v) is 8.70. The maximum absolute atomic E-state index is 10.4. The quantitative estimate of drug-likeness (QED) is 0.292. The lowest BCUT2D eigenvalue weighted by molar-refractivity contribution is 0.483. The number of hydrogen-bond acceptors (Lipinski definition) is 2. The molecule has 0 spiro atoms. The number of halogens is 2. The topological polar surface area (TPSA) is 54.4 Å². The van der Waals surface area contributed by atoms with Crippen LogP contribution in [-0.4, -0.2) is 13.0 Å². The fourth-order valence-corrected chi connectivity index (χ4v) is 3.13. The Morgan fingerprint density at radius 3 is 1.75 bits per heavy atom. The Kier molecular flexibility index (Phi) is 6.03. The molecule has 124 valence electrons. The van der Waals surface area contributed by atoms with Crippen molar-refractivity contribution < 1.29 is 13.0 Å². The van der Waals surface area contributed by atoms with Crippen molar-refractivity contribution in [2.75, 3.05) is 0 Å². The second-order valence-electron chi connectivity index (χ2n) is 5.02. The van der Waals surface area contributed by atoms with Crippen LogP contribution in [-0.2, 0) is 10.1 Å². The highest BCUT2D eigenvalue weighted by molar-refractivity contribution is 14.0. The summed E-state index contributed by atoms with van der Waals surface area (Å²) in [6.07, 6.45) is 0. The summed E-state index contributed by atoms with van der Waals surface area (Å²) in [6, 6.07) is 21.9. The van der Waals surface area contributed by atoms with Crippen molar-refractivity contribution in [2.24, 2.45) is 0 Å². The van der Waals surface area contributed by atoms with Gasteiger partial charge in [-0.1, -0.05) is 60.1 Å². The average Bonchev–Trinajstić information content (AvgIpc) is 2.54. The standard InChI is InChI=1S/C12H7Cl.C6H6O3S.HI/c13-8-5-6-11-9-3-1-2-4-10(9)12(11)7-8;7-10(8,9)6-4-2-1-3-5-6;/h1-7H;1-5H,(H,7,8,9);1H. The summed E-state index contributed by atoms with van der Waals surface area (Å²) in [7, 11) is -4.00. The highest BCUT2D eigenvalue weighted by Crippen LogP contribution is 2.47. The Labute approximate surface area is 163 Å². The van der Waals surface area contributed by atoms with Crippen molar-refractivity contribution in [3.05, 3.63) is 77.8 Å². The fraction of sp³-hybridized carbons (Fsp3) is 0. The van der Waals surface area contributed by atoms with E-state index in [1.165, 1.54) is 34.4 Å². The summed E-state index contributed by atoms with van der Waals surface area (Å²) >= 11 is 5.92. The maximum atomic E-state index is 10.4. The summed E-state index contributed by atoms with van der Waals surface area (Å²) in [6.45, 7) is 0. The molecule has 0 aromatic heterocycles. The largest absolute Gasteiger partial charge is 0.294 e. The summed E-state index contributed by atoms with van der Waals surface area (Å²) in [4.78, 5) is -0.0741. The van der Waals surface area contributed by atoms with Gasteiger partial charge in [-0.15, -0.1) is 24.0 Å². The van der Waals surface area contributed by atoms with Crippen molar-refractivity contribution in [1.82, 2.24) is 0 Å². The van der Waals surface area contributed by atoms with Gasteiger partial charge < -0.3 is 0 Å². The summed E-state index contributed by atoms with van der Waals surface area (Å²) in [5.41, 5.74) is 5.26. The first-order valence-electron chi connectivity index (χ1n) is 6.89. The van der Waals surface area contributed by atoms with Crippen molar-refractivity contribution in [3.8, 4) is 22.3 Å². The molecule has 1 N–H and O–H groups in total. The SMILES string of the molecule is Clc1ccc2c(c1)-c1ccccc1-2.I.O=S(=O)(O)c1ccccc1. The average molecular weight is 473 g/mol. The molecule has 0 bridgehead atoms. The van der Waals surface area contributed by atoms with E-state index in [9.17, 15) is 8.42 Å². The van der Waals surface area contributed by atoms with Crippen molar-refractivity contribution >= 4 is 45.7 Å². The van der Waals surface area contributed by atoms with Gasteiger partial charge in [0.05, 0.1) is 4.90 Å². The molecule has 3 nitrogen and oxygen atoms in total. The van der Waals surface area contributed by atoms with E-state index in [-0.39, 0.29) is 28.9 Å². The van der Waals surface area contributed by atoms with Crippen molar-refractivity contribution in [1.29, 1.82) is 0 Å². The molecule has 0 fully saturated rings. The van der Waals surface area contributed by atoms with Gasteiger partial charge in [-0.2, -0.15) is 8.42 Å². The minimum Gasteiger partial charge on any atom is -0.282 e. The maximum Gasteiger partial charge on any atom is 0.294 e. The van der Waals surface area contributed by atoms with E-state index in [1.54, 1.807) is 18.2 Å². The van der Waals surface area contributed by atoms with E-state index in [0.717, 1.165) is 5.02 Å². The second-order valence-corrected chi connectivity index (χ2v) is 6.88. The van der Waals surface area contributed by atoms with Gasteiger partial charge in [0.25, 0.3) is 10.1 Å². The lowest BCUT2D eigenvalue weighted by Crippen LogP contribution is -1.97. The Bertz CT molecular complexity index is 957. The zero-order valence-corrected chi connectivity index (χ0v) is 16.3. The Morgan fingerprint density at radius 1 is 0.708 bits per heavy atom. The molecule has 0 saturated carbocycles. The van der Waals surface area contributed by atoms with Crippen LogP contribution in [0.25, 0.3) is 22.3 Å². The third-order valence-electron chi connectivity index (χ3n) is 3.53. The lowest BCUT2D eigenvalue weighted by Gasteiger charge is -2.23. The van der Waals surface area contributed by atoms with Gasteiger partial charge in [-0.05, 0) is 46.5 Å². The van der Waals surface area contributed by atoms with Crippen LogP contribution in [0.1, 0.15) is 0 Å². The van der Waals surface area contributed by atoms with Gasteiger partial charge in [-0.25, -0.2) is 0 Å². The van der Waals surface area contributed by atoms with E-state index >= 15 is 0 Å². The Morgan fingerprint density at radius 2 is 1.21 bits per heavy atom. The minimum absolute atomic E-state index is 0. The molecule has 0 heterocycles. The zero-order chi connectivity index (χ0) is 16.4. The van der Waals surface area contributed by atoms with Crippen LogP contribution in [0.4, 0.5) is 0 Å². The van der Waals surface area contributed by atoms with E-state index in [0.29, 0.717) is 0 Å². The van der Waals surface area contributed by atoms with Gasteiger partial charge >= 0.3 is 0 Å². The van der Waals surface area contributed by atoms with Gasteiger partial charge in [0.1, 0.15) is 0 Å². The highest BCUT2D eigenvalue weighted by atomic mass is 127. The molecular formula is C18H14ClIO3S. The van der Waals surface area contributed by atoms with Gasteiger partial charge in [0.2, 0.25) is 0 Å². The lowest BCUT2D eigenvalue weighted by atomic mass is 9.81. The summed E-state index contributed by atoms with van der Waals surface area (Å²) < 4.78 is 29.2. The molecule has 0 amide bonds. The van der Waals surface area contributed by atoms with Crippen LogP contribution in [0.5, 0.6) is 0 Å². The van der Waals surface area contributed by atoms with E-state index in [1.807, 2.05) is 12.1 Å². The van der Waals surface area contributed by atoms with Crippen LogP contribution < -0.4 is 0 Å². The second kappa shape index (κ2) is 7.65. The van der Waals surface area contributed by atoms with Gasteiger partial charge in [0.15, 0.2) is 0 Å². The molecule has 0 aliphatic heterocycles. The number of hydrogen-bond donors (Lipinski definition) is 1. The van der Waals surface area contributed by atoms with Crippen LogP contribution in [0.15, 0.2) is 77.7 Å². The molecule has 0 unspecified atom stereocenters. The molecule has 0 saturated heterocycles. The summed E-state index contributed by atoms with van der Waals surface area (Å²) in [5, 5.41) is 0.813. The number of rotatable bonds is 1. The van der Waals surface area contributed by atoms with E-state index in [2.05, 4.69) is 30.3 Å². The van der Waals surface area contributed by atoms with Crippen molar-refractivity contribution in [3.63, 3.8) is 0 Å². The third-order valence-corrected chi connectivity index (χ3v) is 4.63. The molecule has 4 rings (SSSR count). The van der Waals surface area contributed by atoms with E-state index < -0.39 is 10.1 Å². The first-order chi connectivity index (χ1) is 11.0. The molecular weight excluding hydrogens is 459 g/mol. The van der Waals surface area contributed by atoms with Crippen LogP contribution in [0.2, 0.25) is 5.02 Å². The normalized spacial score (nSPS) is 10.9. The zero-order valence-electron chi connectivity index (χ0n) is 12.4. The molecule has 24 heavy (non-hydrogen) atoms. The van der Waals surface area contributed by atoms with Gasteiger partial charge in [-0.3, -0.25) is 4.55 Å². The molecule has 3 aromatic rings. The summed E-state index contributed by atoms with van der Waals surface area (Å²) in [5.74, 6) is 0. The molecule has 6 heteroatoms. The molecule has 1 aliphatic carbocycles. The number of benzene rings is 3. The predicted molar refractivity (Wildman–Crippen MR) is 108 cm³/mol. The molecule has 1 aliphatic rings. The fourth-order valence-electron chi connectivity index (χ4n) is 2.46. The number of fused-ring (bicyclic) bond motifs is 4. The van der Waals surface area contributed by atoms with Gasteiger partial charge in [0, 0.05) is 5.02 Å². The molecule has 0 atom stereocenters. The third kappa shape index (κ3) is 3.97. The molecule has 3 aromatic carbocycles. The first kappa shape index (κ1) is 18.9. The van der Waals surface area contributed by atoms with Crippen LogP contribution in [0.3, 0.4) is 0 Å². The smallest absolute Gasteiger partial charge is 0.282 e. The Balaban J connectivity index is 0.000000173. The predicted octanol–water partition coefficient (Wildman–Crippen LogP) is 5.54. The minimum atomic E-state index is -4.00. The monoisotopic (exact) mass is 472 g/mol. The van der Waals surface area contributed by atoms with Crippen molar-refractivity contribution in [2.45, 2.75) is 4.90 Å². The van der Waals surface area contributed by atoms with E-state index in [4.69, 9.17) is 16.2 Å².